The topological polar surface area (TPSA) is 72.2 Å². The van der Waals surface area contributed by atoms with Gasteiger partial charge in [0.2, 0.25) is 5.89 Å². The summed E-state index contributed by atoms with van der Waals surface area (Å²) >= 11 is 12.3. The Morgan fingerprint density at radius 2 is 1.57 bits per heavy atom. The lowest BCUT2D eigenvalue weighted by Crippen LogP contribution is -2.13. The molecule has 0 amide bonds. The van der Waals surface area contributed by atoms with Gasteiger partial charge in [-0.05, 0) is 35.9 Å². The van der Waals surface area contributed by atoms with Gasteiger partial charge in [-0.2, -0.15) is 4.98 Å². The Kier molecular flexibility index (Phi) is 5.81. The van der Waals surface area contributed by atoms with E-state index in [1.807, 2.05) is 30.3 Å². The number of benzene rings is 3. The van der Waals surface area contributed by atoms with E-state index in [2.05, 4.69) is 9.71 Å². The third-order valence-corrected chi connectivity index (χ3v) is 6.23. The van der Waals surface area contributed by atoms with Gasteiger partial charge in [-0.25, -0.2) is 8.42 Å². The fourth-order valence-corrected chi connectivity index (χ4v) is 4.44. The first-order chi connectivity index (χ1) is 14.4. The number of aromatic nitrogens is 1. The molecule has 0 aliphatic rings. The van der Waals surface area contributed by atoms with Gasteiger partial charge in [-0.15, -0.1) is 0 Å². The van der Waals surface area contributed by atoms with Gasteiger partial charge in [-0.3, -0.25) is 4.72 Å². The van der Waals surface area contributed by atoms with E-state index in [0.29, 0.717) is 27.9 Å². The highest BCUT2D eigenvalue weighted by molar-refractivity contribution is 7.92. The number of nitrogens with zero attached hydrogens (tertiary/aromatic N) is 1. The molecule has 0 radical (unpaired) electrons. The summed E-state index contributed by atoms with van der Waals surface area (Å²) in [6, 6.07) is 22.5. The molecule has 0 saturated carbocycles. The van der Waals surface area contributed by atoms with E-state index >= 15 is 0 Å². The fraction of sp³-hybridized carbons (Fsp3) is 0.0455. The zero-order valence-corrected chi connectivity index (χ0v) is 17.9. The Morgan fingerprint density at radius 3 is 2.23 bits per heavy atom. The normalized spacial score (nSPS) is 11.4. The average Bonchev–Trinajstić information content (AvgIpc) is 3.10. The smallest absolute Gasteiger partial charge is 0.263 e. The third-order valence-electron chi connectivity index (χ3n) is 4.33. The van der Waals surface area contributed by atoms with Crippen molar-refractivity contribution in [3.05, 3.63) is 100 Å². The van der Waals surface area contributed by atoms with Gasteiger partial charge >= 0.3 is 0 Å². The Hall–Kier alpha value is -2.80. The number of hydrogen-bond acceptors (Lipinski definition) is 4. The Labute approximate surface area is 184 Å². The second kappa shape index (κ2) is 8.52. The highest BCUT2D eigenvalue weighted by Gasteiger charge is 2.23. The molecular formula is C22H16Cl2N2O3S. The lowest BCUT2D eigenvalue weighted by atomic mass is 10.1. The highest BCUT2D eigenvalue weighted by atomic mass is 35.5. The van der Waals surface area contributed by atoms with Crippen molar-refractivity contribution in [2.45, 2.75) is 11.3 Å². The van der Waals surface area contributed by atoms with E-state index in [4.69, 9.17) is 27.6 Å². The van der Waals surface area contributed by atoms with Crippen LogP contribution in [0.1, 0.15) is 11.5 Å². The maximum atomic E-state index is 12.8. The monoisotopic (exact) mass is 458 g/mol. The van der Waals surface area contributed by atoms with E-state index < -0.39 is 10.0 Å². The van der Waals surface area contributed by atoms with Crippen LogP contribution in [0.5, 0.6) is 0 Å². The lowest BCUT2D eigenvalue weighted by Gasteiger charge is -2.08. The summed E-state index contributed by atoms with van der Waals surface area (Å²) in [6.45, 7) is 0. The minimum atomic E-state index is -3.87. The van der Waals surface area contributed by atoms with Crippen molar-refractivity contribution < 1.29 is 12.8 Å². The molecule has 0 atom stereocenters. The van der Waals surface area contributed by atoms with Gasteiger partial charge < -0.3 is 4.42 Å². The van der Waals surface area contributed by atoms with E-state index in [0.717, 1.165) is 5.56 Å². The summed E-state index contributed by atoms with van der Waals surface area (Å²) in [4.78, 5) is 4.52. The molecule has 1 aromatic heterocycles. The molecule has 4 aromatic rings. The van der Waals surface area contributed by atoms with Gasteiger partial charge in [0.25, 0.3) is 10.0 Å². The van der Waals surface area contributed by atoms with Crippen LogP contribution >= 0.6 is 23.2 Å². The van der Waals surface area contributed by atoms with Crippen molar-refractivity contribution in [1.29, 1.82) is 0 Å². The molecule has 0 spiro atoms. The summed E-state index contributed by atoms with van der Waals surface area (Å²) in [5.41, 5.74) is 1.46. The van der Waals surface area contributed by atoms with Crippen molar-refractivity contribution in [2.24, 2.45) is 0 Å². The van der Waals surface area contributed by atoms with Gasteiger partial charge in [0, 0.05) is 17.0 Å². The molecule has 0 aliphatic carbocycles. The molecule has 8 heteroatoms. The number of halogens is 2. The van der Waals surface area contributed by atoms with Gasteiger partial charge in [0.15, 0.2) is 11.6 Å². The van der Waals surface area contributed by atoms with Crippen molar-refractivity contribution in [2.75, 3.05) is 4.72 Å². The molecule has 1 N–H and O–H groups in total. The fourth-order valence-electron chi connectivity index (χ4n) is 2.92. The summed E-state index contributed by atoms with van der Waals surface area (Å²) in [7, 11) is -3.87. The summed E-state index contributed by atoms with van der Waals surface area (Å²) in [6.07, 6.45) is 0.395. The largest absolute Gasteiger partial charge is 0.438 e. The lowest BCUT2D eigenvalue weighted by molar-refractivity contribution is 0.519. The van der Waals surface area contributed by atoms with Crippen LogP contribution in [0.2, 0.25) is 10.0 Å². The Morgan fingerprint density at radius 1 is 0.900 bits per heavy atom. The number of anilines is 1. The first-order valence-corrected chi connectivity index (χ1v) is 11.2. The third kappa shape index (κ3) is 4.51. The Balaban J connectivity index is 1.77. The first kappa shape index (κ1) is 20.5. The molecule has 0 saturated heterocycles. The zero-order chi connectivity index (χ0) is 21.1. The number of hydrogen-bond donors (Lipinski definition) is 1. The van der Waals surface area contributed by atoms with Crippen LogP contribution in [0.25, 0.3) is 11.3 Å². The van der Waals surface area contributed by atoms with Gasteiger partial charge in [0.1, 0.15) is 0 Å². The highest BCUT2D eigenvalue weighted by Crippen LogP contribution is 2.37. The van der Waals surface area contributed by atoms with E-state index in [1.54, 1.807) is 36.4 Å². The van der Waals surface area contributed by atoms with Gasteiger partial charge in [-0.1, -0.05) is 71.7 Å². The quantitative estimate of drug-likeness (QED) is 0.382. The van der Waals surface area contributed by atoms with Crippen LogP contribution in [-0.4, -0.2) is 13.4 Å². The van der Waals surface area contributed by atoms with E-state index in [1.165, 1.54) is 12.1 Å². The number of nitrogens with one attached hydrogen (secondary N) is 1. The van der Waals surface area contributed by atoms with Gasteiger partial charge in [0.05, 0.1) is 9.92 Å². The van der Waals surface area contributed by atoms with Crippen molar-refractivity contribution in [3.63, 3.8) is 0 Å². The second-order valence-corrected chi connectivity index (χ2v) is 9.02. The predicted molar refractivity (Wildman–Crippen MR) is 118 cm³/mol. The second-order valence-electron chi connectivity index (χ2n) is 6.49. The summed E-state index contributed by atoms with van der Waals surface area (Å²) < 4.78 is 34.2. The molecular weight excluding hydrogens is 443 g/mol. The van der Waals surface area contributed by atoms with Crippen LogP contribution in [0, 0.1) is 0 Å². The number of oxazole rings is 1. The van der Waals surface area contributed by atoms with Crippen LogP contribution in [-0.2, 0) is 16.4 Å². The Bertz CT molecular complexity index is 1270. The average molecular weight is 459 g/mol. The van der Waals surface area contributed by atoms with Crippen molar-refractivity contribution in [1.82, 2.24) is 4.98 Å². The number of sulfonamides is 1. The summed E-state index contributed by atoms with van der Waals surface area (Å²) in [5, 5.41) is 0.782. The molecule has 1 heterocycles. The van der Waals surface area contributed by atoms with E-state index in [9.17, 15) is 8.42 Å². The molecule has 152 valence electrons. The SMILES string of the molecule is O=S(=O)(Nc1nc(Cc2ccccc2)oc1-c1ccc(Cl)cc1Cl)c1ccccc1. The predicted octanol–water partition coefficient (Wildman–Crippen LogP) is 6.04. The summed E-state index contributed by atoms with van der Waals surface area (Å²) in [5.74, 6) is 0.643. The molecule has 0 unspecified atom stereocenters. The van der Waals surface area contributed by atoms with E-state index in [-0.39, 0.29) is 16.5 Å². The number of rotatable bonds is 6. The molecule has 4 rings (SSSR count). The maximum absolute atomic E-state index is 12.8. The van der Waals surface area contributed by atoms with Crippen molar-refractivity contribution in [3.8, 4) is 11.3 Å². The molecule has 30 heavy (non-hydrogen) atoms. The van der Waals surface area contributed by atoms with Crippen LogP contribution in [0.3, 0.4) is 0 Å². The van der Waals surface area contributed by atoms with Crippen LogP contribution in [0.15, 0.2) is 88.2 Å². The molecule has 0 fully saturated rings. The molecule has 3 aromatic carbocycles. The van der Waals surface area contributed by atoms with Crippen molar-refractivity contribution >= 4 is 39.0 Å². The minimum absolute atomic E-state index is 0.0639. The molecule has 0 bridgehead atoms. The molecule has 5 nitrogen and oxygen atoms in total. The first-order valence-electron chi connectivity index (χ1n) is 8.99. The maximum Gasteiger partial charge on any atom is 0.263 e. The standard InChI is InChI=1S/C22H16Cl2N2O3S/c23-16-11-12-18(19(24)14-16)21-22(26-30(27,28)17-9-5-2-6-10-17)25-20(29-21)13-15-7-3-1-4-8-15/h1-12,14,26H,13H2. The minimum Gasteiger partial charge on any atom is -0.438 e. The molecule has 0 aliphatic heterocycles. The van der Waals surface area contributed by atoms with Crippen LogP contribution < -0.4 is 4.72 Å². The zero-order valence-electron chi connectivity index (χ0n) is 15.5. The van der Waals surface area contributed by atoms with Crippen LogP contribution in [0.4, 0.5) is 5.82 Å².